The van der Waals surface area contributed by atoms with Crippen LogP contribution in [0, 0.1) is 31.4 Å². The zero-order valence-electron chi connectivity index (χ0n) is 18.3. The Bertz CT molecular complexity index is 862. The Hall–Kier alpha value is -1.30. The maximum Gasteiger partial charge on any atom is 0.123 e. The molecule has 0 saturated carbocycles. The lowest BCUT2D eigenvalue weighted by Gasteiger charge is -2.46. The number of piperidine rings is 1. The molecule has 2 heterocycles. The molecule has 2 aliphatic rings. The van der Waals surface area contributed by atoms with Gasteiger partial charge in [-0.25, -0.2) is 8.78 Å². The van der Waals surface area contributed by atoms with Crippen LogP contribution >= 0.6 is 0 Å². The van der Waals surface area contributed by atoms with Crippen LogP contribution in [0.1, 0.15) is 54.4 Å². The summed E-state index contributed by atoms with van der Waals surface area (Å²) in [6.07, 6.45) is 5.05. The van der Waals surface area contributed by atoms with E-state index in [-0.39, 0.29) is 28.6 Å². The highest BCUT2D eigenvalue weighted by Crippen LogP contribution is 2.48. The molecule has 2 saturated heterocycles. The highest BCUT2D eigenvalue weighted by Gasteiger charge is 2.50. The lowest BCUT2D eigenvalue weighted by Crippen LogP contribution is -3.00. The highest BCUT2D eigenvalue weighted by atomic mass is 79.9. The predicted molar refractivity (Wildman–Crippen MR) is 112 cm³/mol. The maximum absolute atomic E-state index is 14.2. The third-order valence-corrected chi connectivity index (χ3v) is 7.80. The van der Waals surface area contributed by atoms with Crippen LogP contribution in [-0.2, 0) is 5.60 Å². The van der Waals surface area contributed by atoms with E-state index < -0.39 is 5.60 Å². The molecule has 4 rings (SSSR count). The van der Waals surface area contributed by atoms with Gasteiger partial charge >= 0.3 is 0 Å². The number of fused-ring (bicyclic) bond motifs is 2. The molecular formula is C25H32BrF2NO. The largest absolute Gasteiger partial charge is 1.00 e. The van der Waals surface area contributed by atoms with Gasteiger partial charge in [0.05, 0.1) is 26.2 Å². The molecule has 0 aliphatic carbocycles. The second-order valence-corrected chi connectivity index (χ2v) is 9.83. The number of benzene rings is 2. The Morgan fingerprint density at radius 1 is 0.900 bits per heavy atom. The molecule has 2 aromatic carbocycles. The molecule has 0 amide bonds. The van der Waals surface area contributed by atoms with Crippen LogP contribution in [0.4, 0.5) is 8.78 Å². The van der Waals surface area contributed by atoms with Gasteiger partial charge in [0, 0.05) is 25.7 Å². The van der Waals surface area contributed by atoms with Crippen LogP contribution in [0.25, 0.3) is 0 Å². The molecule has 2 bridgehead atoms. The van der Waals surface area contributed by atoms with Gasteiger partial charge in [-0.15, -0.1) is 0 Å². The summed E-state index contributed by atoms with van der Waals surface area (Å²) < 4.78 is 29.5. The van der Waals surface area contributed by atoms with E-state index in [2.05, 4.69) is 14.1 Å². The molecule has 0 radical (unpaired) electrons. The summed E-state index contributed by atoms with van der Waals surface area (Å²) in [5, 5.41) is 12.1. The van der Waals surface area contributed by atoms with Crippen molar-refractivity contribution in [3.8, 4) is 0 Å². The fourth-order valence-electron chi connectivity index (χ4n) is 6.02. The number of hydrogen-bond acceptors (Lipinski definition) is 1. The fourth-order valence-corrected chi connectivity index (χ4v) is 6.02. The van der Waals surface area contributed by atoms with E-state index in [1.165, 1.54) is 37.1 Å². The second-order valence-electron chi connectivity index (χ2n) is 9.83. The van der Waals surface area contributed by atoms with Gasteiger partial charge in [-0.3, -0.25) is 0 Å². The molecule has 0 aromatic heterocycles. The first-order valence-corrected chi connectivity index (χ1v) is 10.7. The number of hydrogen-bond donors (Lipinski definition) is 1. The molecule has 164 valence electrons. The quantitative estimate of drug-likeness (QED) is 0.666. The van der Waals surface area contributed by atoms with Gasteiger partial charge in [-0.1, -0.05) is 12.1 Å². The Morgan fingerprint density at radius 3 is 1.77 bits per heavy atom. The van der Waals surface area contributed by atoms with Crippen molar-refractivity contribution in [3.63, 3.8) is 0 Å². The summed E-state index contributed by atoms with van der Waals surface area (Å²) in [6.45, 7) is 3.78. The minimum atomic E-state index is -1.41. The molecule has 2 aliphatic heterocycles. The van der Waals surface area contributed by atoms with Crippen molar-refractivity contribution in [1.82, 2.24) is 0 Å². The Balaban J connectivity index is 0.00000256. The van der Waals surface area contributed by atoms with Crippen molar-refractivity contribution in [2.75, 3.05) is 14.1 Å². The van der Waals surface area contributed by atoms with Crippen molar-refractivity contribution in [2.45, 2.75) is 63.6 Å². The average molecular weight is 480 g/mol. The minimum absolute atomic E-state index is 0. The topological polar surface area (TPSA) is 20.2 Å². The normalized spacial score (nSPS) is 25.1. The second kappa shape index (κ2) is 8.33. The third-order valence-electron chi connectivity index (χ3n) is 7.80. The third kappa shape index (κ3) is 3.96. The van der Waals surface area contributed by atoms with Crippen LogP contribution < -0.4 is 17.0 Å². The van der Waals surface area contributed by atoms with Crippen molar-refractivity contribution in [1.29, 1.82) is 0 Å². The van der Waals surface area contributed by atoms with E-state index in [1.807, 2.05) is 13.8 Å². The number of aliphatic hydroxyl groups is 1. The van der Waals surface area contributed by atoms with E-state index in [0.717, 1.165) is 28.5 Å². The molecule has 1 N–H and O–H groups in total. The Labute approximate surface area is 189 Å². The zero-order chi connectivity index (χ0) is 21.0. The van der Waals surface area contributed by atoms with E-state index in [0.29, 0.717) is 35.5 Å². The Kier molecular flexibility index (Phi) is 6.48. The van der Waals surface area contributed by atoms with E-state index in [9.17, 15) is 13.9 Å². The van der Waals surface area contributed by atoms with Crippen molar-refractivity contribution in [3.05, 3.63) is 70.3 Å². The lowest BCUT2D eigenvalue weighted by atomic mass is 9.73. The number of aryl methyl sites for hydroxylation is 2. The molecule has 2 aromatic rings. The van der Waals surface area contributed by atoms with Gasteiger partial charge in [0.25, 0.3) is 0 Å². The van der Waals surface area contributed by atoms with Gasteiger partial charge in [0.1, 0.15) is 17.2 Å². The first-order chi connectivity index (χ1) is 13.6. The number of nitrogens with zero attached hydrogens (tertiary/aromatic N) is 1. The van der Waals surface area contributed by atoms with Crippen LogP contribution in [0.5, 0.6) is 0 Å². The number of quaternary nitrogens is 1. The van der Waals surface area contributed by atoms with Gasteiger partial charge in [0.15, 0.2) is 0 Å². The van der Waals surface area contributed by atoms with Gasteiger partial charge in [0.2, 0.25) is 0 Å². The van der Waals surface area contributed by atoms with Crippen LogP contribution in [0.15, 0.2) is 36.4 Å². The van der Waals surface area contributed by atoms with E-state index in [4.69, 9.17) is 0 Å². The number of halogens is 3. The standard InChI is InChI=1S/C25H32F2NO.BrH/c1-16-5-7-19(26)13-23(16)25(29,24-14-20(27)8-6-17(24)2)15-18-11-21-9-10-22(12-18)28(21,3)4;/h5-8,13-14,18,21-22,29H,9-12,15H2,1-4H3;1H/q+1;/p-1/t18?,21-,22+;. The predicted octanol–water partition coefficient (Wildman–Crippen LogP) is 2.23. The summed E-state index contributed by atoms with van der Waals surface area (Å²) in [6, 6.07) is 10.3. The van der Waals surface area contributed by atoms with Crippen LogP contribution in [0.3, 0.4) is 0 Å². The van der Waals surface area contributed by atoms with Gasteiger partial charge < -0.3 is 26.6 Å². The summed E-state index contributed by atoms with van der Waals surface area (Å²) in [5.74, 6) is -0.423. The molecule has 30 heavy (non-hydrogen) atoms. The first kappa shape index (κ1) is 23.4. The Morgan fingerprint density at radius 2 is 1.33 bits per heavy atom. The average Bonchev–Trinajstić information content (AvgIpc) is 2.83. The summed E-state index contributed by atoms with van der Waals surface area (Å²) in [5.41, 5.74) is 1.35. The monoisotopic (exact) mass is 479 g/mol. The van der Waals surface area contributed by atoms with E-state index >= 15 is 0 Å². The molecule has 5 heteroatoms. The molecule has 2 fully saturated rings. The minimum Gasteiger partial charge on any atom is -1.00 e. The smallest absolute Gasteiger partial charge is 0.123 e. The van der Waals surface area contributed by atoms with Crippen LogP contribution in [0.2, 0.25) is 0 Å². The highest BCUT2D eigenvalue weighted by molar-refractivity contribution is 5.44. The molecule has 2 nitrogen and oxygen atoms in total. The molecule has 1 unspecified atom stereocenters. The van der Waals surface area contributed by atoms with E-state index in [1.54, 1.807) is 12.1 Å². The van der Waals surface area contributed by atoms with Crippen molar-refractivity contribution < 1.29 is 35.4 Å². The van der Waals surface area contributed by atoms with Gasteiger partial charge in [-0.05, 0) is 72.7 Å². The maximum atomic E-state index is 14.2. The van der Waals surface area contributed by atoms with Crippen molar-refractivity contribution in [2.24, 2.45) is 5.92 Å². The number of rotatable bonds is 4. The summed E-state index contributed by atoms with van der Waals surface area (Å²) in [4.78, 5) is 0. The summed E-state index contributed by atoms with van der Waals surface area (Å²) in [7, 11) is 4.64. The first-order valence-electron chi connectivity index (χ1n) is 10.7. The zero-order valence-corrected chi connectivity index (χ0v) is 19.8. The summed E-state index contributed by atoms with van der Waals surface area (Å²) >= 11 is 0. The molecule has 3 atom stereocenters. The molecule has 0 spiro atoms. The molecular weight excluding hydrogens is 448 g/mol. The van der Waals surface area contributed by atoms with Crippen molar-refractivity contribution >= 4 is 0 Å². The fraction of sp³-hybridized carbons (Fsp3) is 0.520. The van der Waals surface area contributed by atoms with Gasteiger partial charge in [-0.2, -0.15) is 0 Å². The SMILES string of the molecule is Cc1ccc(F)cc1C(O)(CC1C[C@H]2CC[C@@H](C1)[N+]2(C)C)c1cc(F)ccc1C.[Br-]. The van der Waals surface area contributed by atoms with Crippen LogP contribution in [-0.4, -0.2) is 35.8 Å². The lowest BCUT2D eigenvalue weighted by molar-refractivity contribution is -0.931.